The first-order valence-electron chi connectivity index (χ1n) is 7.75. The fourth-order valence-electron chi connectivity index (χ4n) is 3.48. The van der Waals surface area contributed by atoms with E-state index in [0.717, 1.165) is 0 Å². The molecular weight excluding hydrogens is 294 g/mol. The molecule has 4 unspecified atom stereocenters. The van der Waals surface area contributed by atoms with E-state index in [9.17, 15) is 18.4 Å². The lowest BCUT2D eigenvalue weighted by molar-refractivity contribution is -0.137. The van der Waals surface area contributed by atoms with Gasteiger partial charge in [-0.1, -0.05) is 0 Å². The first-order valence-corrected chi connectivity index (χ1v) is 7.75. The maximum Gasteiger partial charge on any atom is 0.236 e. The molecule has 8 heteroatoms. The Morgan fingerprint density at radius 1 is 0.864 bits per heavy atom. The molecule has 6 nitrogen and oxygen atoms in total. The summed E-state index contributed by atoms with van der Waals surface area (Å²) >= 11 is 0. The van der Waals surface area contributed by atoms with E-state index < -0.39 is 36.2 Å². The Balaban J connectivity index is 2.21. The lowest BCUT2D eigenvalue weighted by Gasteiger charge is -2.42. The fourth-order valence-corrected chi connectivity index (χ4v) is 3.48. The Labute approximate surface area is 128 Å². The highest BCUT2D eigenvalue weighted by Gasteiger charge is 2.42. The van der Waals surface area contributed by atoms with Gasteiger partial charge in [0.2, 0.25) is 11.8 Å². The van der Waals surface area contributed by atoms with Crippen molar-refractivity contribution in [2.75, 3.05) is 26.2 Å². The molecule has 2 aliphatic heterocycles. The van der Waals surface area contributed by atoms with Gasteiger partial charge in [0.05, 0.1) is 0 Å². The Morgan fingerprint density at radius 2 is 1.23 bits per heavy atom. The molecular formula is C14H24F2N4O2. The second-order valence-corrected chi connectivity index (χ2v) is 6.16. The number of nitrogens with zero attached hydrogens (tertiary/aromatic N) is 2. The zero-order valence-corrected chi connectivity index (χ0v) is 12.6. The van der Waals surface area contributed by atoms with Crippen LogP contribution >= 0.6 is 0 Å². The molecule has 2 rings (SSSR count). The number of primary amides is 2. The van der Waals surface area contributed by atoms with Crippen molar-refractivity contribution in [3.8, 4) is 0 Å². The minimum absolute atomic E-state index is 0.0459. The molecule has 0 aromatic carbocycles. The largest absolute Gasteiger partial charge is 0.368 e. The molecule has 126 valence electrons. The van der Waals surface area contributed by atoms with Gasteiger partial charge in [-0.05, 0) is 38.8 Å². The number of amides is 2. The van der Waals surface area contributed by atoms with E-state index in [1.54, 1.807) is 9.80 Å². The standard InChI is InChI=1S/C14H24F2N4O2/c15-9-3-1-5-19(7-9)11(13(17)21)12(14(18)22)20-6-2-4-10(16)8-20/h9-12H,1-8H2,(H2,17,21)(H2,18,22). The van der Waals surface area contributed by atoms with Crippen LogP contribution in [0, 0.1) is 0 Å². The molecule has 0 saturated carbocycles. The lowest BCUT2D eigenvalue weighted by atomic mass is 9.97. The normalized spacial score (nSPS) is 30.6. The molecule has 2 aliphatic rings. The van der Waals surface area contributed by atoms with Crippen molar-refractivity contribution in [1.29, 1.82) is 0 Å². The fraction of sp³-hybridized carbons (Fsp3) is 0.857. The van der Waals surface area contributed by atoms with Crippen LogP contribution in [0.4, 0.5) is 8.78 Å². The number of hydrogen-bond acceptors (Lipinski definition) is 4. The van der Waals surface area contributed by atoms with E-state index in [1.807, 2.05) is 0 Å². The van der Waals surface area contributed by atoms with E-state index in [4.69, 9.17) is 11.5 Å². The number of nitrogens with two attached hydrogens (primary N) is 2. The highest BCUT2D eigenvalue weighted by molar-refractivity contribution is 5.91. The van der Waals surface area contributed by atoms with Crippen LogP contribution in [0.25, 0.3) is 0 Å². The Morgan fingerprint density at radius 3 is 1.50 bits per heavy atom. The van der Waals surface area contributed by atoms with E-state index >= 15 is 0 Å². The van der Waals surface area contributed by atoms with Gasteiger partial charge >= 0.3 is 0 Å². The summed E-state index contributed by atoms with van der Waals surface area (Å²) in [5.41, 5.74) is 10.9. The molecule has 0 aromatic rings. The third-order valence-electron chi connectivity index (χ3n) is 4.46. The second-order valence-electron chi connectivity index (χ2n) is 6.16. The minimum Gasteiger partial charge on any atom is -0.368 e. The van der Waals surface area contributed by atoms with Crippen LogP contribution in [0.15, 0.2) is 0 Å². The van der Waals surface area contributed by atoms with Crippen molar-refractivity contribution >= 4 is 11.8 Å². The summed E-state index contributed by atoms with van der Waals surface area (Å²) < 4.78 is 27.3. The van der Waals surface area contributed by atoms with Crippen LogP contribution in [0.5, 0.6) is 0 Å². The summed E-state index contributed by atoms with van der Waals surface area (Å²) in [6.07, 6.45) is -0.0812. The van der Waals surface area contributed by atoms with Crippen molar-refractivity contribution < 1.29 is 18.4 Å². The van der Waals surface area contributed by atoms with Crippen LogP contribution in [0.3, 0.4) is 0 Å². The number of rotatable bonds is 5. The zero-order valence-electron chi connectivity index (χ0n) is 12.6. The van der Waals surface area contributed by atoms with E-state index in [1.165, 1.54) is 0 Å². The molecule has 0 spiro atoms. The molecule has 4 atom stereocenters. The highest BCUT2D eigenvalue weighted by atomic mass is 19.1. The summed E-state index contributed by atoms with van der Waals surface area (Å²) in [4.78, 5) is 27.0. The van der Waals surface area contributed by atoms with Crippen LogP contribution in [-0.4, -0.2) is 72.2 Å². The van der Waals surface area contributed by atoms with Crippen LogP contribution < -0.4 is 11.5 Å². The highest BCUT2D eigenvalue weighted by Crippen LogP contribution is 2.23. The van der Waals surface area contributed by atoms with Crippen molar-refractivity contribution in [3.63, 3.8) is 0 Å². The van der Waals surface area contributed by atoms with Gasteiger partial charge in [0.15, 0.2) is 0 Å². The summed E-state index contributed by atoms with van der Waals surface area (Å²) in [7, 11) is 0. The number of piperidine rings is 2. The summed E-state index contributed by atoms with van der Waals surface area (Å²) in [5, 5.41) is 0. The summed E-state index contributed by atoms with van der Waals surface area (Å²) in [5.74, 6) is -1.45. The van der Waals surface area contributed by atoms with Crippen molar-refractivity contribution in [3.05, 3.63) is 0 Å². The first kappa shape index (κ1) is 17.1. The Hall–Kier alpha value is -1.28. The third kappa shape index (κ3) is 3.92. The molecule has 2 saturated heterocycles. The van der Waals surface area contributed by atoms with Gasteiger partial charge in [-0.25, -0.2) is 8.78 Å². The van der Waals surface area contributed by atoms with E-state index in [0.29, 0.717) is 38.8 Å². The average Bonchev–Trinajstić information content (AvgIpc) is 2.43. The number of hydrogen-bond donors (Lipinski definition) is 2. The minimum atomic E-state index is -1.06. The first-order chi connectivity index (χ1) is 10.4. The third-order valence-corrected chi connectivity index (χ3v) is 4.46. The molecule has 0 radical (unpaired) electrons. The maximum absolute atomic E-state index is 13.6. The molecule has 0 aliphatic carbocycles. The van der Waals surface area contributed by atoms with Gasteiger partial charge in [0.1, 0.15) is 24.4 Å². The topological polar surface area (TPSA) is 92.7 Å². The predicted octanol–water partition coefficient (Wildman–Crippen LogP) is -0.438. The number of halogens is 2. The number of carbonyl (C=O) groups is 2. The molecule has 4 N–H and O–H groups in total. The molecule has 0 bridgehead atoms. The summed E-state index contributed by atoms with van der Waals surface area (Å²) in [6.45, 7) is 1.05. The van der Waals surface area contributed by atoms with E-state index in [-0.39, 0.29) is 13.1 Å². The molecule has 0 aromatic heterocycles. The van der Waals surface area contributed by atoms with Crippen molar-refractivity contribution in [2.45, 2.75) is 50.1 Å². The quantitative estimate of drug-likeness (QED) is 0.719. The van der Waals surface area contributed by atoms with Crippen LogP contribution in [0.2, 0.25) is 0 Å². The monoisotopic (exact) mass is 318 g/mol. The van der Waals surface area contributed by atoms with Crippen molar-refractivity contribution in [1.82, 2.24) is 9.80 Å². The van der Waals surface area contributed by atoms with Crippen LogP contribution in [-0.2, 0) is 9.59 Å². The van der Waals surface area contributed by atoms with E-state index in [2.05, 4.69) is 0 Å². The molecule has 2 fully saturated rings. The summed E-state index contributed by atoms with van der Waals surface area (Å²) in [6, 6.07) is -2.03. The van der Waals surface area contributed by atoms with Gasteiger partial charge in [-0.2, -0.15) is 0 Å². The molecule has 22 heavy (non-hydrogen) atoms. The Bertz CT molecular complexity index is 386. The lowest BCUT2D eigenvalue weighted by Crippen LogP contribution is -2.65. The average molecular weight is 318 g/mol. The Kier molecular flexibility index (Phi) is 5.69. The number of likely N-dealkylation sites (tertiary alicyclic amines) is 2. The SMILES string of the molecule is NC(=O)C(C(C(N)=O)N1CCCC(F)C1)N1CCCC(F)C1. The number of alkyl halides is 2. The maximum atomic E-state index is 13.6. The van der Waals surface area contributed by atoms with Gasteiger partial charge in [-0.3, -0.25) is 19.4 Å². The van der Waals surface area contributed by atoms with Gasteiger partial charge < -0.3 is 11.5 Å². The molecule has 2 amide bonds. The number of carbonyl (C=O) groups excluding carboxylic acids is 2. The molecule has 2 heterocycles. The van der Waals surface area contributed by atoms with Crippen LogP contribution in [0.1, 0.15) is 25.7 Å². The smallest absolute Gasteiger partial charge is 0.236 e. The predicted molar refractivity (Wildman–Crippen MR) is 77.4 cm³/mol. The van der Waals surface area contributed by atoms with Gasteiger partial charge in [0, 0.05) is 13.1 Å². The zero-order chi connectivity index (χ0) is 16.3. The van der Waals surface area contributed by atoms with Gasteiger partial charge in [0.25, 0.3) is 0 Å². The second kappa shape index (κ2) is 7.32. The van der Waals surface area contributed by atoms with Gasteiger partial charge in [-0.15, -0.1) is 0 Å². The van der Waals surface area contributed by atoms with Crippen molar-refractivity contribution in [2.24, 2.45) is 11.5 Å².